The number of aromatic nitrogens is 2. The zero-order valence-electron chi connectivity index (χ0n) is 20.7. The van der Waals surface area contributed by atoms with Crippen LogP contribution in [-0.4, -0.2) is 28.0 Å². The Morgan fingerprint density at radius 3 is 2.45 bits per heavy atom. The van der Waals surface area contributed by atoms with Crippen LogP contribution in [0.3, 0.4) is 0 Å². The van der Waals surface area contributed by atoms with E-state index in [1.54, 1.807) is 0 Å². The molecule has 0 spiro atoms. The summed E-state index contributed by atoms with van der Waals surface area (Å²) in [5.74, 6) is 1.70. The molecule has 1 aromatic heterocycles. The van der Waals surface area contributed by atoms with Crippen LogP contribution in [0.4, 0.5) is 5.95 Å². The van der Waals surface area contributed by atoms with E-state index in [0.717, 1.165) is 36.9 Å². The third-order valence-electron chi connectivity index (χ3n) is 6.10. The van der Waals surface area contributed by atoms with Gasteiger partial charge in [-0.3, -0.25) is 0 Å². The fraction of sp³-hybridized carbons (Fsp3) is 0.640. The molecule has 0 aromatic carbocycles. The maximum atomic E-state index is 6.22. The number of nitrogens with one attached hydrogen (secondary N) is 2. The standard InChI is InChI=1S/C25H42N6/c1-9-11-18(23(3,4)5)15-28-21(26)31-25(8)14-19(25)13-24(6,7)20-16-29-22(30-17-20)27-12-10-2/h9,11,15-17,19H,10,12-14H2,1-8H3,(H3,26,28,31)(H,27,29,30)/b11-9-,18-15+. The molecule has 2 atom stereocenters. The van der Waals surface area contributed by atoms with Crippen LogP contribution in [0.1, 0.15) is 80.2 Å². The van der Waals surface area contributed by atoms with Gasteiger partial charge in [0.05, 0.1) is 0 Å². The predicted molar refractivity (Wildman–Crippen MR) is 132 cm³/mol. The van der Waals surface area contributed by atoms with Crippen molar-refractivity contribution in [3.63, 3.8) is 0 Å². The van der Waals surface area contributed by atoms with Gasteiger partial charge in [0.15, 0.2) is 5.96 Å². The van der Waals surface area contributed by atoms with Gasteiger partial charge < -0.3 is 16.4 Å². The van der Waals surface area contributed by atoms with Gasteiger partial charge in [-0.15, -0.1) is 0 Å². The molecule has 1 aliphatic rings. The molecule has 1 fully saturated rings. The summed E-state index contributed by atoms with van der Waals surface area (Å²) in [6.07, 6.45) is 13.1. The summed E-state index contributed by atoms with van der Waals surface area (Å²) in [5, 5.41) is 6.68. The average Bonchev–Trinajstić information content (AvgIpc) is 3.29. The van der Waals surface area contributed by atoms with Crippen LogP contribution in [0.15, 0.2) is 41.3 Å². The lowest BCUT2D eigenvalue weighted by Crippen LogP contribution is -2.41. The van der Waals surface area contributed by atoms with Gasteiger partial charge in [-0.25, -0.2) is 15.0 Å². The Bertz CT molecular complexity index is 813. The minimum atomic E-state index is -0.0232. The van der Waals surface area contributed by atoms with Gasteiger partial charge in [-0.1, -0.05) is 53.7 Å². The monoisotopic (exact) mass is 426 g/mol. The number of hydrogen-bond acceptors (Lipinski definition) is 4. The van der Waals surface area contributed by atoms with Crippen LogP contribution in [0.25, 0.3) is 0 Å². The molecule has 2 unspecified atom stereocenters. The molecule has 0 bridgehead atoms. The maximum absolute atomic E-state index is 6.22. The molecular formula is C25H42N6. The molecule has 0 radical (unpaired) electrons. The molecule has 1 heterocycles. The van der Waals surface area contributed by atoms with Gasteiger partial charge in [-0.2, -0.15) is 0 Å². The first-order valence-corrected chi connectivity index (χ1v) is 11.4. The van der Waals surface area contributed by atoms with Crippen molar-refractivity contribution in [1.82, 2.24) is 15.3 Å². The summed E-state index contributed by atoms with van der Waals surface area (Å²) in [6, 6.07) is 0. The van der Waals surface area contributed by atoms with Crippen LogP contribution in [0, 0.1) is 11.3 Å². The van der Waals surface area contributed by atoms with E-state index in [4.69, 9.17) is 5.73 Å². The van der Waals surface area contributed by atoms with Crippen LogP contribution in [0.2, 0.25) is 0 Å². The van der Waals surface area contributed by atoms with E-state index in [-0.39, 0.29) is 16.4 Å². The number of aliphatic imine (C=N–C) groups is 1. The summed E-state index contributed by atoms with van der Waals surface area (Å²) in [5.41, 5.74) is 8.53. The molecular weight excluding hydrogens is 384 g/mol. The summed E-state index contributed by atoms with van der Waals surface area (Å²) in [6.45, 7) is 18.3. The van der Waals surface area contributed by atoms with Crippen LogP contribution in [-0.2, 0) is 5.41 Å². The van der Waals surface area contributed by atoms with Gasteiger partial charge >= 0.3 is 0 Å². The van der Waals surface area contributed by atoms with Crippen molar-refractivity contribution in [2.24, 2.45) is 22.1 Å². The minimum Gasteiger partial charge on any atom is -0.370 e. The zero-order chi connectivity index (χ0) is 23.3. The smallest absolute Gasteiger partial charge is 0.222 e. The van der Waals surface area contributed by atoms with E-state index in [1.165, 1.54) is 0 Å². The summed E-state index contributed by atoms with van der Waals surface area (Å²) in [4.78, 5) is 13.5. The Morgan fingerprint density at radius 2 is 1.90 bits per heavy atom. The van der Waals surface area contributed by atoms with E-state index in [1.807, 2.05) is 31.6 Å². The van der Waals surface area contributed by atoms with E-state index in [9.17, 15) is 0 Å². The quantitative estimate of drug-likeness (QED) is 0.288. The molecule has 0 amide bonds. The zero-order valence-corrected chi connectivity index (χ0v) is 20.7. The molecule has 0 saturated heterocycles. The SMILES string of the molecule is C\C=C/C(=C\N=C(/N)NC1(C)CC1CC(C)(C)c1cnc(NCCC)nc1)C(C)(C)C. The topological polar surface area (TPSA) is 88.2 Å². The van der Waals surface area contributed by atoms with Crippen LogP contribution < -0.4 is 16.4 Å². The summed E-state index contributed by atoms with van der Waals surface area (Å²) >= 11 is 0. The number of nitrogens with two attached hydrogens (primary N) is 1. The Morgan fingerprint density at radius 1 is 1.26 bits per heavy atom. The van der Waals surface area contributed by atoms with Crippen molar-refractivity contribution in [2.45, 2.75) is 85.6 Å². The Labute approximate surface area is 188 Å². The van der Waals surface area contributed by atoms with Crippen molar-refractivity contribution < 1.29 is 0 Å². The second-order valence-corrected chi connectivity index (χ2v) is 10.6. The third kappa shape index (κ3) is 7.08. The largest absolute Gasteiger partial charge is 0.370 e. The molecule has 6 nitrogen and oxygen atoms in total. The second kappa shape index (κ2) is 9.84. The molecule has 0 aliphatic heterocycles. The molecule has 4 N–H and O–H groups in total. The third-order valence-corrected chi connectivity index (χ3v) is 6.10. The number of guanidine groups is 1. The van der Waals surface area contributed by atoms with Crippen molar-refractivity contribution in [1.29, 1.82) is 0 Å². The molecule has 1 saturated carbocycles. The van der Waals surface area contributed by atoms with Crippen LogP contribution >= 0.6 is 0 Å². The molecule has 172 valence electrons. The fourth-order valence-corrected chi connectivity index (χ4v) is 3.77. The first-order valence-electron chi connectivity index (χ1n) is 11.4. The number of anilines is 1. The Balaban J connectivity index is 2.00. The van der Waals surface area contributed by atoms with Gasteiger partial charge in [0.2, 0.25) is 5.95 Å². The highest BCUT2D eigenvalue weighted by Crippen LogP contribution is 2.50. The fourth-order valence-electron chi connectivity index (χ4n) is 3.77. The highest BCUT2D eigenvalue weighted by molar-refractivity contribution is 5.79. The molecule has 6 heteroatoms. The lowest BCUT2D eigenvalue weighted by molar-refractivity contribution is 0.412. The number of hydrogen-bond donors (Lipinski definition) is 3. The normalized spacial score (nSPS) is 22.6. The van der Waals surface area contributed by atoms with E-state index < -0.39 is 0 Å². The predicted octanol–water partition coefficient (Wildman–Crippen LogP) is 5.16. The van der Waals surface area contributed by atoms with Crippen molar-refractivity contribution in [3.8, 4) is 0 Å². The van der Waals surface area contributed by atoms with Gasteiger partial charge in [0, 0.05) is 30.7 Å². The summed E-state index contributed by atoms with van der Waals surface area (Å²) in [7, 11) is 0. The number of allylic oxidation sites excluding steroid dienone is 3. The van der Waals surface area contributed by atoms with Crippen molar-refractivity contribution in [2.75, 3.05) is 11.9 Å². The average molecular weight is 427 g/mol. The molecule has 2 rings (SSSR count). The molecule has 31 heavy (non-hydrogen) atoms. The lowest BCUT2D eigenvalue weighted by Gasteiger charge is -2.26. The number of nitrogens with zero attached hydrogens (tertiary/aromatic N) is 3. The van der Waals surface area contributed by atoms with Crippen molar-refractivity contribution in [3.05, 3.63) is 41.9 Å². The second-order valence-electron chi connectivity index (χ2n) is 10.6. The van der Waals surface area contributed by atoms with E-state index in [0.29, 0.717) is 17.8 Å². The lowest BCUT2D eigenvalue weighted by atomic mass is 9.80. The minimum absolute atomic E-state index is 0.00940. The summed E-state index contributed by atoms with van der Waals surface area (Å²) < 4.78 is 0. The molecule has 1 aliphatic carbocycles. The first-order chi connectivity index (χ1) is 14.4. The Hall–Kier alpha value is -2.37. The first kappa shape index (κ1) is 24.9. The maximum Gasteiger partial charge on any atom is 0.222 e. The van der Waals surface area contributed by atoms with E-state index in [2.05, 4.69) is 80.1 Å². The van der Waals surface area contributed by atoms with Gasteiger partial charge in [-0.05, 0) is 61.0 Å². The van der Waals surface area contributed by atoms with Crippen LogP contribution in [0.5, 0.6) is 0 Å². The van der Waals surface area contributed by atoms with Gasteiger partial charge in [0.1, 0.15) is 0 Å². The van der Waals surface area contributed by atoms with E-state index >= 15 is 0 Å². The molecule has 1 aromatic rings. The number of rotatable bonds is 9. The highest BCUT2D eigenvalue weighted by atomic mass is 15.2. The van der Waals surface area contributed by atoms with Gasteiger partial charge in [0.25, 0.3) is 0 Å². The highest BCUT2D eigenvalue weighted by Gasteiger charge is 2.52. The Kier molecular flexibility index (Phi) is 7.90. The van der Waals surface area contributed by atoms with Crippen molar-refractivity contribution >= 4 is 11.9 Å².